The first kappa shape index (κ1) is 31.3. The first-order chi connectivity index (χ1) is 18.3. The van der Waals surface area contributed by atoms with E-state index in [2.05, 4.69) is 20.9 Å². The van der Waals surface area contributed by atoms with Gasteiger partial charge in [-0.15, -0.1) is 0 Å². The van der Waals surface area contributed by atoms with Crippen LogP contribution >= 0.6 is 0 Å². The molecule has 1 heterocycles. The summed E-state index contributed by atoms with van der Waals surface area (Å²) in [5, 5.41) is 27.3. The zero-order valence-corrected chi connectivity index (χ0v) is 22.7. The van der Waals surface area contributed by atoms with Gasteiger partial charge in [-0.2, -0.15) is 0 Å². The lowest BCUT2D eigenvalue weighted by Crippen LogP contribution is -2.59. The Hall–Kier alpha value is -3.93. The summed E-state index contributed by atoms with van der Waals surface area (Å²) in [6, 6.07) is 2.67. The highest BCUT2D eigenvalue weighted by atomic mass is 16.4. The highest BCUT2D eigenvalue weighted by Gasteiger charge is 2.33. The topological polar surface area (TPSA) is 204 Å². The van der Waals surface area contributed by atoms with Crippen LogP contribution in [0.25, 0.3) is 10.9 Å². The first-order valence-corrected chi connectivity index (χ1v) is 13.0. The van der Waals surface area contributed by atoms with Gasteiger partial charge >= 0.3 is 11.9 Å². The number of carbonyl (C=O) groups excluding carboxylic acids is 3. The van der Waals surface area contributed by atoms with E-state index in [0.29, 0.717) is 6.42 Å². The Morgan fingerprint density at radius 3 is 2.15 bits per heavy atom. The van der Waals surface area contributed by atoms with Crippen molar-refractivity contribution in [2.24, 2.45) is 17.6 Å². The van der Waals surface area contributed by atoms with Crippen molar-refractivity contribution in [1.29, 1.82) is 0 Å². The van der Waals surface area contributed by atoms with Crippen LogP contribution in [0.4, 0.5) is 0 Å². The van der Waals surface area contributed by atoms with Gasteiger partial charge in [-0.1, -0.05) is 52.3 Å². The van der Waals surface area contributed by atoms with Crippen molar-refractivity contribution in [2.45, 2.75) is 77.5 Å². The van der Waals surface area contributed by atoms with Crippen LogP contribution < -0.4 is 21.7 Å². The van der Waals surface area contributed by atoms with Crippen LogP contribution in [-0.2, 0) is 30.4 Å². The zero-order valence-electron chi connectivity index (χ0n) is 22.7. The van der Waals surface area contributed by atoms with Crippen molar-refractivity contribution in [3.8, 4) is 0 Å². The van der Waals surface area contributed by atoms with Crippen LogP contribution in [0.5, 0.6) is 0 Å². The number of H-pyrrole nitrogens is 1. The number of rotatable bonds is 15. The van der Waals surface area contributed by atoms with Crippen molar-refractivity contribution >= 4 is 40.6 Å². The molecule has 39 heavy (non-hydrogen) atoms. The highest BCUT2D eigenvalue weighted by molar-refractivity contribution is 5.95. The minimum Gasteiger partial charge on any atom is -0.481 e. The third-order valence-corrected chi connectivity index (χ3v) is 6.58. The average Bonchev–Trinajstić information content (AvgIpc) is 3.27. The molecule has 12 heteroatoms. The largest absolute Gasteiger partial charge is 0.481 e. The van der Waals surface area contributed by atoms with Gasteiger partial charge in [0.15, 0.2) is 0 Å². The van der Waals surface area contributed by atoms with Gasteiger partial charge < -0.3 is 36.9 Å². The SMILES string of the molecule is CCC(C)C(NC(=O)C(N)CC(=O)O)C(=O)NC(CC(C)C)C(=O)NC(Cc1c[nH]c2ccccc12)C(=O)O. The number of aromatic amines is 1. The average molecular weight is 546 g/mol. The quantitative estimate of drug-likeness (QED) is 0.172. The van der Waals surface area contributed by atoms with Crippen molar-refractivity contribution in [1.82, 2.24) is 20.9 Å². The van der Waals surface area contributed by atoms with Gasteiger partial charge in [-0.05, 0) is 29.9 Å². The summed E-state index contributed by atoms with van der Waals surface area (Å²) < 4.78 is 0. The van der Waals surface area contributed by atoms with E-state index >= 15 is 0 Å². The molecule has 0 aliphatic carbocycles. The number of carboxylic acid groups (broad SMARTS) is 2. The zero-order chi connectivity index (χ0) is 29.3. The normalized spacial score (nSPS) is 15.1. The lowest BCUT2D eigenvalue weighted by molar-refractivity contribution is -0.142. The summed E-state index contributed by atoms with van der Waals surface area (Å²) in [6.07, 6.45) is 1.84. The Labute approximate surface area is 227 Å². The Morgan fingerprint density at radius 1 is 0.923 bits per heavy atom. The maximum Gasteiger partial charge on any atom is 0.326 e. The van der Waals surface area contributed by atoms with Gasteiger partial charge in [0.1, 0.15) is 18.1 Å². The summed E-state index contributed by atoms with van der Waals surface area (Å²) in [5.74, 6) is -4.98. The van der Waals surface area contributed by atoms with Crippen molar-refractivity contribution in [2.75, 3.05) is 0 Å². The number of para-hydroxylation sites is 1. The molecule has 0 saturated carbocycles. The number of hydrogen-bond acceptors (Lipinski definition) is 6. The molecule has 0 spiro atoms. The molecule has 8 N–H and O–H groups in total. The highest BCUT2D eigenvalue weighted by Crippen LogP contribution is 2.19. The Kier molecular flexibility index (Phi) is 11.5. The number of fused-ring (bicyclic) bond motifs is 1. The number of nitrogens with one attached hydrogen (secondary N) is 4. The molecule has 5 atom stereocenters. The number of aromatic nitrogens is 1. The fourth-order valence-corrected chi connectivity index (χ4v) is 4.20. The first-order valence-electron chi connectivity index (χ1n) is 13.0. The van der Waals surface area contributed by atoms with Crippen LogP contribution in [0, 0.1) is 11.8 Å². The predicted molar refractivity (Wildman–Crippen MR) is 145 cm³/mol. The molecule has 0 aliphatic rings. The third kappa shape index (κ3) is 9.10. The number of nitrogens with two attached hydrogens (primary N) is 1. The Balaban J connectivity index is 2.19. The van der Waals surface area contributed by atoms with Gasteiger partial charge in [0, 0.05) is 23.5 Å². The summed E-state index contributed by atoms with van der Waals surface area (Å²) in [4.78, 5) is 65.0. The summed E-state index contributed by atoms with van der Waals surface area (Å²) in [7, 11) is 0. The van der Waals surface area contributed by atoms with Crippen molar-refractivity contribution in [3.63, 3.8) is 0 Å². The molecule has 0 aliphatic heterocycles. The lowest BCUT2D eigenvalue weighted by atomic mass is 9.96. The minimum atomic E-state index is -1.35. The standard InChI is InChI=1S/C27H39N5O7/c1-5-15(4)23(32-24(35)18(28)12-22(33)34)26(37)30-20(10-14(2)3)25(36)31-21(27(38)39)11-16-13-29-19-9-7-6-8-17(16)19/h6-9,13-15,18,20-21,23,29H,5,10-12,28H2,1-4H3,(H,30,37)(H,31,36)(H,32,35)(H,33,34)(H,38,39). The molecule has 5 unspecified atom stereocenters. The lowest BCUT2D eigenvalue weighted by Gasteiger charge is -2.28. The predicted octanol–water partition coefficient (Wildman–Crippen LogP) is 1.14. The van der Waals surface area contributed by atoms with Gasteiger partial charge in [0.25, 0.3) is 0 Å². The van der Waals surface area contributed by atoms with E-state index in [-0.39, 0.29) is 24.7 Å². The number of carbonyl (C=O) groups is 5. The molecule has 2 rings (SSSR count). The Bertz CT molecular complexity index is 1180. The van der Waals surface area contributed by atoms with E-state index in [4.69, 9.17) is 10.8 Å². The second-order valence-electron chi connectivity index (χ2n) is 10.2. The van der Waals surface area contributed by atoms with E-state index in [1.807, 2.05) is 45.0 Å². The van der Waals surface area contributed by atoms with E-state index in [1.54, 1.807) is 13.1 Å². The minimum absolute atomic E-state index is 0.0282. The van der Waals surface area contributed by atoms with Crippen LogP contribution in [-0.4, -0.2) is 69.0 Å². The van der Waals surface area contributed by atoms with Crippen LogP contribution in [0.15, 0.2) is 30.5 Å². The third-order valence-electron chi connectivity index (χ3n) is 6.58. The molecule has 12 nitrogen and oxygen atoms in total. The molecule has 0 fully saturated rings. The monoisotopic (exact) mass is 545 g/mol. The molecular weight excluding hydrogens is 506 g/mol. The Morgan fingerprint density at radius 2 is 1.56 bits per heavy atom. The number of aliphatic carboxylic acids is 2. The van der Waals surface area contributed by atoms with Gasteiger partial charge in [-0.3, -0.25) is 19.2 Å². The summed E-state index contributed by atoms with van der Waals surface area (Å²) in [5.41, 5.74) is 7.21. The molecule has 214 valence electrons. The van der Waals surface area contributed by atoms with Gasteiger partial charge in [0.05, 0.1) is 12.5 Å². The fraction of sp³-hybridized carbons (Fsp3) is 0.519. The number of hydrogen-bond donors (Lipinski definition) is 7. The fourth-order valence-electron chi connectivity index (χ4n) is 4.20. The molecular formula is C27H39N5O7. The van der Waals surface area contributed by atoms with Crippen molar-refractivity contribution in [3.05, 3.63) is 36.0 Å². The van der Waals surface area contributed by atoms with Gasteiger partial charge in [-0.25, -0.2) is 4.79 Å². The molecule has 0 bridgehead atoms. The second kappa shape index (κ2) is 14.3. The summed E-state index contributed by atoms with van der Waals surface area (Å²) in [6.45, 7) is 7.25. The van der Waals surface area contributed by atoms with E-state index in [1.165, 1.54) is 0 Å². The maximum absolute atomic E-state index is 13.3. The molecule has 1 aromatic heterocycles. The molecule has 2 aromatic rings. The molecule has 0 radical (unpaired) electrons. The molecule has 0 saturated heterocycles. The smallest absolute Gasteiger partial charge is 0.326 e. The summed E-state index contributed by atoms with van der Waals surface area (Å²) >= 11 is 0. The maximum atomic E-state index is 13.3. The second-order valence-corrected chi connectivity index (χ2v) is 10.2. The van der Waals surface area contributed by atoms with Crippen molar-refractivity contribution < 1.29 is 34.2 Å². The van der Waals surface area contributed by atoms with Crippen LogP contribution in [0.2, 0.25) is 0 Å². The number of benzene rings is 1. The van der Waals surface area contributed by atoms with Crippen LogP contribution in [0.3, 0.4) is 0 Å². The number of carboxylic acids is 2. The van der Waals surface area contributed by atoms with E-state index in [9.17, 15) is 29.1 Å². The molecule has 1 aromatic carbocycles. The van der Waals surface area contributed by atoms with Crippen LogP contribution in [0.1, 0.15) is 52.5 Å². The van der Waals surface area contributed by atoms with Gasteiger partial charge in [0.2, 0.25) is 17.7 Å². The van der Waals surface area contributed by atoms with E-state index < -0.39 is 60.2 Å². The molecule has 3 amide bonds. The van der Waals surface area contributed by atoms with E-state index in [0.717, 1.165) is 16.5 Å². The number of amides is 3.